The number of nitrogens with one attached hydrogen (secondary N) is 1. The van der Waals surface area contributed by atoms with Crippen LogP contribution in [0.5, 0.6) is 11.5 Å². The van der Waals surface area contributed by atoms with Gasteiger partial charge in [-0.3, -0.25) is 0 Å². The normalized spacial score (nSPS) is 12.5. The molecule has 134 valence electrons. The van der Waals surface area contributed by atoms with E-state index in [0.29, 0.717) is 11.5 Å². The Morgan fingerprint density at radius 2 is 1.38 bits per heavy atom. The zero-order valence-corrected chi connectivity index (χ0v) is 15.5. The van der Waals surface area contributed by atoms with Crippen molar-refractivity contribution in [3.05, 3.63) is 90.0 Å². The van der Waals surface area contributed by atoms with Crippen molar-refractivity contribution in [1.29, 1.82) is 0 Å². The Bertz CT molecular complexity index is 950. The minimum atomic E-state index is -3.61. The minimum Gasteiger partial charge on any atom is -0.457 e. The third-order valence-corrected chi connectivity index (χ3v) is 5.58. The molecule has 0 bridgehead atoms. The van der Waals surface area contributed by atoms with Crippen molar-refractivity contribution in [3.63, 3.8) is 0 Å². The number of benzene rings is 3. The van der Waals surface area contributed by atoms with E-state index >= 15 is 0 Å². The molecule has 0 heterocycles. The fraction of sp³-hybridized carbons (Fsp3) is 0.143. The molecule has 0 saturated carbocycles. The highest BCUT2D eigenvalue weighted by Gasteiger charge is 2.18. The van der Waals surface area contributed by atoms with Crippen LogP contribution in [0.2, 0.25) is 0 Å². The maximum absolute atomic E-state index is 12.6. The van der Waals surface area contributed by atoms with Crippen LogP contribution in [0.4, 0.5) is 0 Å². The van der Waals surface area contributed by atoms with E-state index in [9.17, 15) is 8.42 Å². The second-order valence-electron chi connectivity index (χ2n) is 6.14. The molecule has 0 aliphatic carbocycles. The summed E-state index contributed by atoms with van der Waals surface area (Å²) in [7, 11) is -3.61. The Labute approximate surface area is 154 Å². The number of rotatable bonds is 6. The van der Waals surface area contributed by atoms with Gasteiger partial charge in [-0.2, -0.15) is 0 Å². The summed E-state index contributed by atoms with van der Waals surface area (Å²) in [6.07, 6.45) is 0. The van der Waals surface area contributed by atoms with Crippen LogP contribution in [0.15, 0.2) is 83.8 Å². The Kier molecular flexibility index (Phi) is 5.40. The van der Waals surface area contributed by atoms with Crippen molar-refractivity contribution in [2.24, 2.45) is 0 Å². The number of para-hydroxylation sites is 1. The maximum Gasteiger partial charge on any atom is 0.241 e. The lowest BCUT2D eigenvalue weighted by Gasteiger charge is -2.15. The van der Waals surface area contributed by atoms with Crippen molar-refractivity contribution in [1.82, 2.24) is 4.72 Å². The number of hydrogen-bond acceptors (Lipinski definition) is 3. The monoisotopic (exact) mass is 367 g/mol. The highest BCUT2D eigenvalue weighted by molar-refractivity contribution is 7.89. The Balaban J connectivity index is 1.71. The molecule has 3 aromatic carbocycles. The fourth-order valence-corrected chi connectivity index (χ4v) is 3.77. The molecular formula is C21H21NO3S. The molecule has 1 atom stereocenters. The van der Waals surface area contributed by atoms with Gasteiger partial charge in [0.25, 0.3) is 0 Å². The number of aryl methyl sites for hydroxylation is 1. The van der Waals surface area contributed by atoms with Gasteiger partial charge < -0.3 is 4.74 Å². The van der Waals surface area contributed by atoms with Gasteiger partial charge in [0.05, 0.1) is 4.90 Å². The molecule has 0 aliphatic rings. The van der Waals surface area contributed by atoms with Gasteiger partial charge in [0.1, 0.15) is 11.5 Å². The Morgan fingerprint density at radius 1 is 0.808 bits per heavy atom. The predicted molar refractivity (Wildman–Crippen MR) is 103 cm³/mol. The Hall–Kier alpha value is -2.63. The lowest BCUT2D eigenvalue weighted by Crippen LogP contribution is -2.26. The molecule has 5 heteroatoms. The van der Waals surface area contributed by atoms with Crippen molar-refractivity contribution in [3.8, 4) is 11.5 Å². The fourth-order valence-electron chi connectivity index (χ4n) is 2.54. The number of sulfonamides is 1. The van der Waals surface area contributed by atoms with Gasteiger partial charge in [0.2, 0.25) is 10.0 Å². The topological polar surface area (TPSA) is 55.4 Å². The summed E-state index contributed by atoms with van der Waals surface area (Å²) in [6.45, 7) is 3.83. The highest BCUT2D eigenvalue weighted by Crippen LogP contribution is 2.23. The lowest BCUT2D eigenvalue weighted by atomic mass is 10.1. The molecule has 3 rings (SSSR count). The molecule has 26 heavy (non-hydrogen) atoms. The van der Waals surface area contributed by atoms with E-state index in [0.717, 1.165) is 11.1 Å². The summed E-state index contributed by atoms with van der Waals surface area (Å²) in [4.78, 5) is 0.205. The van der Waals surface area contributed by atoms with Crippen LogP contribution in [0.3, 0.4) is 0 Å². The predicted octanol–water partition coefficient (Wildman–Crippen LogP) is 4.83. The van der Waals surface area contributed by atoms with Gasteiger partial charge in [-0.25, -0.2) is 13.1 Å². The third-order valence-electron chi connectivity index (χ3n) is 4.02. The average Bonchev–Trinajstić information content (AvgIpc) is 2.63. The van der Waals surface area contributed by atoms with Crippen molar-refractivity contribution < 1.29 is 13.2 Å². The SMILES string of the molecule is Cc1ccc(C(C)NS(=O)(=O)c2ccc(Oc3ccccc3)cc2)cc1. The molecular weight excluding hydrogens is 346 g/mol. The van der Waals surface area contributed by atoms with Crippen LogP contribution in [0.25, 0.3) is 0 Å². The van der Waals surface area contributed by atoms with Crippen LogP contribution in [0, 0.1) is 6.92 Å². The summed E-state index contributed by atoms with van der Waals surface area (Å²) >= 11 is 0. The van der Waals surface area contributed by atoms with E-state index in [1.807, 2.05) is 68.4 Å². The van der Waals surface area contributed by atoms with Crippen LogP contribution < -0.4 is 9.46 Å². The zero-order valence-electron chi connectivity index (χ0n) is 14.7. The summed E-state index contributed by atoms with van der Waals surface area (Å²) < 4.78 is 33.6. The average molecular weight is 367 g/mol. The summed E-state index contributed by atoms with van der Waals surface area (Å²) in [5, 5.41) is 0. The first-order valence-electron chi connectivity index (χ1n) is 8.36. The first-order valence-corrected chi connectivity index (χ1v) is 9.84. The maximum atomic E-state index is 12.6. The van der Waals surface area contributed by atoms with Gasteiger partial charge in [-0.05, 0) is 55.8 Å². The van der Waals surface area contributed by atoms with Crippen LogP contribution in [-0.2, 0) is 10.0 Å². The second-order valence-corrected chi connectivity index (χ2v) is 7.85. The van der Waals surface area contributed by atoms with Gasteiger partial charge in [-0.1, -0.05) is 48.0 Å². The summed E-state index contributed by atoms with van der Waals surface area (Å²) in [6, 6.07) is 23.2. The smallest absolute Gasteiger partial charge is 0.241 e. The van der Waals surface area contributed by atoms with E-state index in [1.54, 1.807) is 24.3 Å². The molecule has 1 unspecified atom stereocenters. The van der Waals surface area contributed by atoms with Crippen LogP contribution in [0.1, 0.15) is 24.1 Å². The van der Waals surface area contributed by atoms with E-state index < -0.39 is 10.0 Å². The van der Waals surface area contributed by atoms with Gasteiger partial charge in [0.15, 0.2) is 0 Å². The zero-order chi connectivity index (χ0) is 18.6. The standard InChI is InChI=1S/C21H21NO3S/c1-16-8-10-18(11-9-16)17(2)22-26(23,24)21-14-12-20(13-15-21)25-19-6-4-3-5-7-19/h3-15,17,22H,1-2H3. The molecule has 4 nitrogen and oxygen atoms in total. The van der Waals surface area contributed by atoms with Crippen LogP contribution >= 0.6 is 0 Å². The summed E-state index contributed by atoms with van der Waals surface area (Å²) in [5.74, 6) is 1.29. The van der Waals surface area contributed by atoms with E-state index in [-0.39, 0.29) is 10.9 Å². The largest absolute Gasteiger partial charge is 0.457 e. The minimum absolute atomic E-state index is 0.205. The molecule has 3 aromatic rings. The van der Waals surface area contributed by atoms with Crippen molar-refractivity contribution in [2.45, 2.75) is 24.8 Å². The third kappa shape index (κ3) is 4.50. The highest BCUT2D eigenvalue weighted by atomic mass is 32.2. The van der Waals surface area contributed by atoms with Crippen molar-refractivity contribution in [2.75, 3.05) is 0 Å². The van der Waals surface area contributed by atoms with E-state index in [1.165, 1.54) is 0 Å². The molecule has 0 aromatic heterocycles. The molecule has 1 N–H and O–H groups in total. The molecule has 0 spiro atoms. The molecule has 0 fully saturated rings. The first-order chi connectivity index (χ1) is 12.4. The molecule has 0 amide bonds. The molecule has 0 aliphatic heterocycles. The van der Waals surface area contributed by atoms with Gasteiger partial charge >= 0.3 is 0 Å². The first kappa shape index (κ1) is 18.2. The van der Waals surface area contributed by atoms with Gasteiger partial charge in [-0.15, -0.1) is 0 Å². The lowest BCUT2D eigenvalue weighted by molar-refractivity contribution is 0.482. The Morgan fingerprint density at radius 3 is 2.00 bits per heavy atom. The number of ether oxygens (including phenoxy) is 1. The quantitative estimate of drug-likeness (QED) is 0.679. The number of hydrogen-bond donors (Lipinski definition) is 1. The van der Waals surface area contributed by atoms with E-state index in [2.05, 4.69) is 4.72 Å². The molecule has 0 radical (unpaired) electrons. The second kappa shape index (κ2) is 7.72. The van der Waals surface area contributed by atoms with Gasteiger partial charge in [0, 0.05) is 6.04 Å². The van der Waals surface area contributed by atoms with Crippen molar-refractivity contribution >= 4 is 10.0 Å². The summed E-state index contributed by atoms with van der Waals surface area (Å²) in [5.41, 5.74) is 2.06. The molecule has 0 saturated heterocycles. The van der Waals surface area contributed by atoms with E-state index in [4.69, 9.17) is 4.74 Å². The van der Waals surface area contributed by atoms with Crippen LogP contribution in [-0.4, -0.2) is 8.42 Å².